The van der Waals surface area contributed by atoms with Gasteiger partial charge in [-0.25, -0.2) is 0 Å². The average Bonchev–Trinajstić information content (AvgIpc) is 3.07. The second-order valence-electron chi connectivity index (χ2n) is 6.18. The van der Waals surface area contributed by atoms with E-state index in [0.29, 0.717) is 24.3 Å². The van der Waals surface area contributed by atoms with Crippen molar-refractivity contribution in [3.8, 4) is 0 Å². The Kier molecular flexibility index (Phi) is 5.50. The van der Waals surface area contributed by atoms with E-state index in [2.05, 4.69) is 33.9 Å². The van der Waals surface area contributed by atoms with Crippen LogP contribution in [0.5, 0.6) is 0 Å². The van der Waals surface area contributed by atoms with Crippen LogP contribution >= 0.6 is 11.3 Å². The number of rotatable bonds is 5. The van der Waals surface area contributed by atoms with Crippen LogP contribution in [-0.4, -0.2) is 36.3 Å². The molecule has 3 rings (SSSR count). The van der Waals surface area contributed by atoms with Crippen molar-refractivity contribution < 1.29 is 9.59 Å². The molecule has 0 saturated carbocycles. The molecular weight excluding hydrogens is 334 g/mol. The Labute approximate surface area is 152 Å². The molecular formula is C19H23N3O2S. The van der Waals surface area contributed by atoms with Gasteiger partial charge in [-0.05, 0) is 55.5 Å². The highest BCUT2D eigenvalue weighted by Crippen LogP contribution is 2.32. The number of anilines is 1. The summed E-state index contributed by atoms with van der Waals surface area (Å²) in [5, 5.41) is 7.79. The van der Waals surface area contributed by atoms with Crippen LogP contribution in [0.4, 0.5) is 5.69 Å². The summed E-state index contributed by atoms with van der Waals surface area (Å²) >= 11 is 1.80. The number of nitrogens with one attached hydrogen (secondary N) is 2. The molecule has 0 bridgehead atoms. The van der Waals surface area contributed by atoms with Crippen molar-refractivity contribution in [2.45, 2.75) is 26.3 Å². The number of hydrogen-bond donors (Lipinski definition) is 2. The maximum atomic E-state index is 12.4. The predicted octanol–water partition coefficient (Wildman–Crippen LogP) is 3.06. The first-order valence-corrected chi connectivity index (χ1v) is 9.45. The molecule has 0 aliphatic carbocycles. The minimum Gasteiger partial charge on any atom is -0.352 e. The molecule has 0 spiro atoms. The summed E-state index contributed by atoms with van der Waals surface area (Å²) in [6.45, 7) is 5.84. The molecule has 1 aromatic carbocycles. The molecule has 2 aromatic rings. The average molecular weight is 357 g/mol. The zero-order valence-electron chi connectivity index (χ0n) is 14.5. The monoisotopic (exact) mass is 357 g/mol. The van der Waals surface area contributed by atoms with Gasteiger partial charge in [0.05, 0.1) is 6.54 Å². The summed E-state index contributed by atoms with van der Waals surface area (Å²) in [5.41, 5.74) is 2.53. The predicted molar refractivity (Wildman–Crippen MR) is 101 cm³/mol. The van der Waals surface area contributed by atoms with Crippen molar-refractivity contribution in [3.05, 3.63) is 51.7 Å². The highest BCUT2D eigenvalue weighted by atomic mass is 32.1. The van der Waals surface area contributed by atoms with E-state index < -0.39 is 0 Å². The van der Waals surface area contributed by atoms with Crippen LogP contribution in [-0.2, 0) is 11.2 Å². The van der Waals surface area contributed by atoms with Gasteiger partial charge in [-0.2, -0.15) is 0 Å². The van der Waals surface area contributed by atoms with Gasteiger partial charge in [0.2, 0.25) is 5.91 Å². The Balaban J connectivity index is 1.62. The summed E-state index contributed by atoms with van der Waals surface area (Å²) in [7, 11) is 0. The summed E-state index contributed by atoms with van der Waals surface area (Å²) in [5.74, 6) is -0.188. The Hall–Kier alpha value is -2.18. The zero-order valence-corrected chi connectivity index (χ0v) is 15.4. The third-order valence-electron chi connectivity index (χ3n) is 4.50. The summed E-state index contributed by atoms with van der Waals surface area (Å²) in [6.07, 6.45) is 0.997. The molecule has 2 N–H and O–H groups in total. The van der Waals surface area contributed by atoms with Gasteiger partial charge in [0, 0.05) is 35.3 Å². The molecule has 1 atom stereocenters. The van der Waals surface area contributed by atoms with E-state index >= 15 is 0 Å². The number of carbonyl (C=O) groups excluding carboxylic acids is 2. The molecule has 132 valence electrons. The molecule has 1 aliphatic rings. The Bertz CT molecular complexity index is 772. The molecule has 2 amide bonds. The molecule has 0 radical (unpaired) electrons. The van der Waals surface area contributed by atoms with Crippen LogP contribution in [0, 0.1) is 0 Å². The number of fused-ring (bicyclic) bond motifs is 1. The van der Waals surface area contributed by atoms with Crippen LogP contribution in [0.1, 0.15) is 40.7 Å². The first-order chi connectivity index (χ1) is 12.1. The van der Waals surface area contributed by atoms with Crippen LogP contribution in [0.25, 0.3) is 0 Å². The fraction of sp³-hybridized carbons (Fsp3) is 0.368. The largest absolute Gasteiger partial charge is 0.352 e. The van der Waals surface area contributed by atoms with Crippen molar-refractivity contribution in [1.82, 2.24) is 10.2 Å². The summed E-state index contributed by atoms with van der Waals surface area (Å²) < 4.78 is 0. The van der Waals surface area contributed by atoms with Crippen molar-refractivity contribution in [1.29, 1.82) is 0 Å². The van der Waals surface area contributed by atoms with Crippen molar-refractivity contribution >= 4 is 28.8 Å². The van der Waals surface area contributed by atoms with E-state index in [4.69, 9.17) is 0 Å². The van der Waals surface area contributed by atoms with Gasteiger partial charge in [-0.3, -0.25) is 14.5 Å². The highest BCUT2D eigenvalue weighted by Gasteiger charge is 2.26. The molecule has 2 heterocycles. The van der Waals surface area contributed by atoms with Crippen molar-refractivity contribution in [2.75, 3.05) is 25.0 Å². The second kappa shape index (κ2) is 7.80. The first-order valence-electron chi connectivity index (χ1n) is 8.57. The van der Waals surface area contributed by atoms with Crippen molar-refractivity contribution in [3.63, 3.8) is 0 Å². The number of amides is 2. The normalized spacial score (nSPS) is 17.0. The van der Waals surface area contributed by atoms with E-state index in [9.17, 15) is 9.59 Å². The number of hydrogen-bond acceptors (Lipinski definition) is 4. The quantitative estimate of drug-likeness (QED) is 0.865. The lowest BCUT2D eigenvalue weighted by atomic mass is 10.0. The minimum atomic E-state index is -0.131. The number of nitrogens with zero attached hydrogens (tertiary/aromatic N) is 1. The first kappa shape index (κ1) is 17.6. The Morgan fingerprint density at radius 1 is 1.32 bits per heavy atom. The summed E-state index contributed by atoms with van der Waals surface area (Å²) in [6, 6.07) is 9.44. The highest BCUT2D eigenvalue weighted by molar-refractivity contribution is 7.10. The number of benzene rings is 1. The number of thiophene rings is 1. The maximum Gasteiger partial charge on any atom is 0.251 e. The Morgan fingerprint density at radius 2 is 2.16 bits per heavy atom. The smallest absolute Gasteiger partial charge is 0.251 e. The van der Waals surface area contributed by atoms with Gasteiger partial charge in [-0.15, -0.1) is 11.3 Å². The standard InChI is InChI=1S/C19H23N3O2S/c1-3-20-19(24)14-5-4-6-15(11-14)21-18(23)12-22-9-7-17-16(13(22)2)8-10-25-17/h4-6,8,10-11,13H,3,7,9,12H2,1-2H3,(H,20,24)(H,21,23)/t13-/m0/s1. The zero-order chi connectivity index (χ0) is 17.8. The molecule has 25 heavy (non-hydrogen) atoms. The molecule has 0 fully saturated rings. The fourth-order valence-corrected chi connectivity index (χ4v) is 4.13. The van der Waals surface area contributed by atoms with E-state index in [1.807, 2.05) is 6.92 Å². The fourth-order valence-electron chi connectivity index (χ4n) is 3.16. The lowest BCUT2D eigenvalue weighted by Crippen LogP contribution is -2.39. The van der Waals surface area contributed by atoms with Gasteiger partial charge >= 0.3 is 0 Å². The molecule has 0 saturated heterocycles. The Morgan fingerprint density at radius 3 is 2.96 bits per heavy atom. The SMILES string of the molecule is CCNC(=O)c1cccc(NC(=O)CN2CCc3sccc3[C@@H]2C)c1. The van der Waals surface area contributed by atoms with Crippen molar-refractivity contribution in [2.24, 2.45) is 0 Å². The van der Waals surface area contributed by atoms with Gasteiger partial charge in [0.15, 0.2) is 0 Å². The van der Waals surface area contributed by atoms with Gasteiger partial charge < -0.3 is 10.6 Å². The van der Waals surface area contributed by atoms with Crippen LogP contribution in [0.15, 0.2) is 35.7 Å². The topological polar surface area (TPSA) is 61.4 Å². The van der Waals surface area contributed by atoms with E-state index in [-0.39, 0.29) is 17.9 Å². The lowest BCUT2D eigenvalue weighted by molar-refractivity contribution is -0.117. The van der Waals surface area contributed by atoms with E-state index in [0.717, 1.165) is 13.0 Å². The van der Waals surface area contributed by atoms with E-state index in [1.165, 1.54) is 10.4 Å². The van der Waals surface area contributed by atoms with Crippen LogP contribution in [0.3, 0.4) is 0 Å². The minimum absolute atomic E-state index is 0.0569. The second-order valence-corrected chi connectivity index (χ2v) is 7.18. The van der Waals surface area contributed by atoms with E-state index in [1.54, 1.807) is 35.6 Å². The number of carbonyl (C=O) groups is 2. The molecule has 5 nitrogen and oxygen atoms in total. The molecule has 1 aromatic heterocycles. The van der Waals surface area contributed by atoms with Crippen LogP contribution < -0.4 is 10.6 Å². The molecule has 0 unspecified atom stereocenters. The summed E-state index contributed by atoms with van der Waals surface area (Å²) in [4.78, 5) is 28.0. The molecule has 1 aliphatic heterocycles. The maximum absolute atomic E-state index is 12.4. The lowest BCUT2D eigenvalue weighted by Gasteiger charge is -2.32. The van der Waals surface area contributed by atoms with Gasteiger partial charge in [0.1, 0.15) is 0 Å². The third-order valence-corrected chi connectivity index (χ3v) is 5.49. The van der Waals surface area contributed by atoms with Crippen LogP contribution in [0.2, 0.25) is 0 Å². The van der Waals surface area contributed by atoms with Gasteiger partial charge in [-0.1, -0.05) is 6.07 Å². The third kappa shape index (κ3) is 4.08. The molecule has 6 heteroatoms. The van der Waals surface area contributed by atoms with Gasteiger partial charge in [0.25, 0.3) is 5.91 Å².